The highest BCUT2D eigenvalue weighted by Crippen LogP contribution is 2.44. The van der Waals surface area contributed by atoms with E-state index in [2.05, 4.69) is 17.7 Å². The summed E-state index contributed by atoms with van der Waals surface area (Å²) in [5.41, 5.74) is 3.94. The molecule has 0 aliphatic carbocycles. The number of rotatable bonds is 9. The Morgan fingerprint density at radius 3 is 2.43 bits per heavy atom. The SMILES string of the molecule is C[C@@H]1[C@H](CSc2nc3ccccc3s2)O[C@H](c2cccc(NS(=O)(=O)c3ccccc3)c2)O[C@@H]1c1ccc(CO)cc1. The third-order valence-corrected chi connectivity index (χ3v) is 10.9. The highest BCUT2D eigenvalue weighted by atomic mass is 32.2. The molecule has 1 fully saturated rings. The van der Waals surface area contributed by atoms with Crippen molar-refractivity contribution in [1.82, 2.24) is 4.98 Å². The van der Waals surface area contributed by atoms with Crippen LogP contribution in [0.3, 0.4) is 0 Å². The van der Waals surface area contributed by atoms with Gasteiger partial charge in [-0.25, -0.2) is 13.4 Å². The summed E-state index contributed by atoms with van der Waals surface area (Å²) in [5.74, 6) is 0.690. The number of hydrogen-bond donors (Lipinski definition) is 2. The van der Waals surface area contributed by atoms with Crippen LogP contribution >= 0.6 is 23.1 Å². The van der Waals surface area contributed by atoms with Gasteiger partial charge in [0.25, 0.3) is 10.0 Å². The average molecular weight is 619 g/mol. The lowest BCUT2D eigenvalue weighted by Gasteiger charge is -2.41. The van der Waals surface area contributed by atoms with E-state index in [0.29, 0.717) is 17.0 Å². The van der Waals surface area contributed by atoms with E-state index >= 15 is 0 Å². The van der Waals surface area contributed by atoms with Gasteiger partial charge in [-0.3, -0.25) is 4.72 Å². The molecule has 0 bridgehead atoms. The Labute approximate surface area is 253 Å². The molecular weight excluding hydrogens is 589 g/mol. The van der Waals surface area contributed by atoms with Crippen molar-refractivity contribution in [2.45, 2.75) is 41.3 Å². The summed E-state index contributed by atoms with van der Waals surface area (Å²) in [6.45, 7) is 2.09. The van der Waals surface area contributed by atoms with E-state index in [1.807, 2.05) is 48.5 Å². The first-order chi connectivity index (χ1) is 20.4. The van der Waals surface area contributed by atoms with Crippen molar-refractivity contribution < 1.29 is 23.0 Å². The van der Waals surface area contributed by atoms with Gasteiger partial charge >= 0.3 is 0 Å². The van der Waals surface area contributed by atoms with Gasteiger partial charge in [-0.1, -0.05) is 85.4 Å². The predicted molar refractivity (Wildman–Crippen MR) is 167 cm³/mol. The van der Waals surface area contributed by atoms with Gasteiger partial charge in [0.05, 0.1) is 33.9 Å². The second-order valence-electron chi connectivity index (χ2n) is 10.1. The molecule has 0 saturated carbocycles. The minimum atomic E-state index is -3.75. The maximum atomic E-state index is 13.0. The molecule has 0 radical (unpaired) electrons. The zero-order chi connectivity index (χ0) is 29.1. The summed E-state index contributed by atoms with van der Waals surface area (Å²) in [6, 6.07) is 31.3. The number of nitrogens with one attached hydrogen (secondary N) is 1. The van der Waals surface area contributed by atoms with Gasteiger partial charge in [0.1, 0.15) is 0 Å². The largest absolute Gasteiger partial charge is 0.392 e. The van der Waals surface area contributed by atoms with Crippen LogP contribution in [0.1, 0.15) is 36.0 Å². The molecule has 10 heteroatoms. The van der Waals surface area contributed by atoms with Crippen LogP contribution in [0.15, 0.2) is 112 Å². The maximum absolute atomic E-state index is 13.0. The van der Waals surface area contributed by atoms with Crippen molar-refractivity contribution in [1.29, 1.82) is 0 Å². The molecule has 0 spiro atoms. The zero-order valence-corrected chi connectivity index (χ0v) is 25.2. The molecule has 1 aromatic heterocycles. The van der Waals surface area contributed by atoms with Gasteiger partial charge in [-0.2, -0.15) is 0 Å². The smallest absolute Gasteiger partial charge is 0.261 e. The van der Waals surface area contributed by atoms with Crippen molar-refractivity contribution in [2.24, 2.45) is 5.92 Å². The van der Waals surface area contributed by atoms with Crippen LogP contribution in [0.5, 0.6) is 0 Å². The van der Waals surface area contributed by atoms with Crippen LogP contribution in [-0.2, 0) is 26.1 Å². The highest BCUT2D eigenvalue weighted by Gasteiger charge is 2.38. The van der Waals surface area contributed by atoms with Gasteiger partial charge in [0.15, 0.2) is 10.6 Å². The number of benzene rings is 4. The summed E-state index contributed by atoms with van der Waals surface area (Å²) < 4.78 is 43.8. The van der Waals surface area contributed by atoms with Crippen LogP contribution < -0.4 is 4.72 Å². The lowest BCUT2D eigenvalue weighted by atomic mass is 9.91. The number of aliphatic hydroxyl groups is 1. The van der Waals surface area contributed by atoms with Crippen LogP contribution in [0.2, 0.25) is 0 Å². The number of sulfonamides is 1. The number of anilines is 1. The van der Waals surface area contributed by atoms with Crippen molar-refractivity contribution in [3.8, 4) is 0 Å². The molecule has 2 N–H and O–H groups in total. The van der Waals surface area contributed by atoms with E-state index in [9.17, 15) is 13.5 Å². The molecular formula is C32H30N2O5S3. The summed E-state index contributed by atoms with van der Waals surface area (Å²) in [6.07, 6.45) is -1.17. The van der Waals surface area contributed by atoms with Crippen LogP contribution in [0, 0.1) is 5.92 Å². The fourth-order valence-corrected chi connectivity index (χ4v) is 8.27. The number of aliphatic hydroxyl groups excluding tert-OH is 1. The lowest BCUT2D eigenvalue weighted by molar-refractivity contribution is -0.268. The zero-order valence-electron chi connectivity index (χ0n) is 22.8. The van der Waals surface area contributed by atoms with E-state index in [0.717, 1.165) is 25.7 Å². The summed E-state index contributed by atoms with van der Waals surface area (Å²) >= 11 is 3.33. The Kier molecular flexibility index (Phi) is 8.62. The van der Waals surface area contributed by atoms with E-state index in [1.54, 1.807) is 71.6 Å². The van der Waals surface area contributed by atoms with E-state index in [1.165, 1.54) is 0 Å². The Hall–Kier alpha value is -3.25. The quantitative estimate of drug-likeness (QED) is 0.169. The highest BCUT2D eigenvalue weighted by molar-refractivity contribution is 8.01. The van der Waals surface area contributed by atoms with Gasteiger partial charge in [0.2, 0.25) is 0 Å². The Morgan fingerprint density at radius 2 is 1.67 bits per heavy atom. The Bertz CT molecular complexity index is 1730. The first kappa shape index (κ1) is 28.9. The monoisotopic (exact) mass is 618 g/mol. The maximum Gasteiger partial charge on any atom is 0.261 e. The molecule has 4 aromatic carbocycles. The number of aromatic nitrogens is 1. The summed E-state index contributed by atoms with van der Waals surface area (Å²) in [4.78, 5) is 4.96. The van der Waals surface area contributed by atoms with Crippen molar-refractivity contribution in [3.63, 3.8) is 0 Å². The first-order valence-corrected chi connectivity index (χ1v) is 16.8. The number of nitrogens with zero attached hydrogens (tertiary/aromatic N) is 1. The standard InChI is InChI=1S/C32H30N2O5S3/c1-21-28(20-40-32-33-27-12-5-6-13-29(27)41-32)38-31(39-30(21)23-16-14-22(19-35)15-17-23)24-8-7-9-25(18-24)34-42(36,37)26-10-3-2-4-11-26/h2-18,21,28,30-31,34-35H,19-20H2,1H3/t21-,28+,30+,31+/m1/s1. The van der Waals surface area contributed by atoms with Crippen LogP contribution in [-0.4, -0.2) is 30.4 Å². The molecule has 7 nitrogen and oxygen atoms in total. The number of fused-ring (bicyclic) bond motifs is 1. The van der Waals surface area contributed by atoms with E-state index in [-0.39, 0.29) is 29.6 Å². The molecule has 0 amide bonds. The number of thiazole rings is 1. The molecule has 216 valence electrons. The molecule has 4 atom stereocenters. The number of ether oxygens (including phenoxy) is 2. The Balaban J connectivity index is 1.26. The summed E-state index contributed by atoms with van der Waals surface area (Å²) in [7, 11) is -3.75. The van der Waals surface area contributed by atoms with Gasteiger partial charge in [-0.15, -0.1) is 11.3 Å². The van der Waals surface area contributed by atoms with Crippen LogP contribution in [0.4, 0.5) is 5.69 Å². The van der Waals surface area contributed by atoms with Gasteiger partial charge < -0.3 is 14.6 Å². The minimum absolute atomic E-state index is 0.0165. The third-order valence-electron chi connectivity index (χ3n) is 7.23. The molecule has 5 aromatic rings. The first-order valence-electron chi connectivity index (χ1n) is 13.6. The third kappa shape index (κ3) is 6.39. The fraction of sp³-hybridized carbons (Fsp3) is 0.219. The van der Waals surface area contributed by atoms with Crippen molar-refractivity contribution in [2.75, 3.05) is 10.5 Å². The van der Waals surface area contributed by atoms with Crippen LogP contribution in [0.25, 0.3) is 10.2 Å². The number of para-hydroxylation sites is 1. The predicted octanol–water partition coefficient (Wildman–Crippen LogP) is 7.17. The normalized spacial score (nSPS) is 20.9. The molecule has 1 aliphatic rings. The van der Waals surface area contributed by atoms with Crippen molar-refractivity contribution in [3.05, 3.63) is 120 Å². The molecule has 6 rings (SSSR count). The van der Waals surface area contributed by atoms with E-state index < -0.39 is 16.3 Å². The second kappa shape index (κ2) is 12.5. The fourth-order valence-electron chi connectivity index (χ4n) is 4.94. The Morgan fingerprint density at radius 1 is 0.905 bits per heavy atom. The van der Waals surface area contributed by atoms with E-state index in [4.69, 9.17) is 14.5 Å². The number of thioether (sulfide) groups is 1. The summed E-state index contributed by atoms with van der Waals surface area (Å²) in [5, 5.41) is 9.53. The minimum Gasteiger partial charge on any atom is -0.392 e. The van der Waals surface area contributed by atoms with Gasteiger partial charge in [0, 0.05) is 22.9 Å². The lowest BCUT2D eigenvalue weighted by Crippen LogP contribution is -2.38. The van der Waals surface area contributed by atoms with Crippen molar-refractivity contribution >= 4 is 49.0 Å². The van der Waals surface area contributed by atoms with Gasteiger partial charge in [-0.05, 0) is 47.5 Å². The molecule has 0 unspecified atom stereocenters. The molecule has 1 saturated heterocycles. The topological polar surface area (TPSA) is 97.8 Å². The second-order valence-corrected chi connectivity index (χ2v) is 14.1. The number of hydrogen-bond acceptors (Lipinski definition) is 8. The molecule has 42 heavy (non-hydrogen) atoms. The molecule has 2 heterocycles. The average Bonchev–Trinajstić information content (AvgIpc) is 3.44. The molecule has 1 aliphatic heterocycles.